The molecule has 0 saturated carbocycles. The number of ketones is 1. The Morgan fingerprint density at radius 2 is 2.19 bits per heavy atom. The van der Waals surface area contributed by atoms with Gasteiger partial charge in [0.1, 0.15) is 0 Å². The molecule has 0 amide bonds. The number of carbonyl (C=O) groups excluding carboxylic acids is 1. The number of rotatable bonds is 4. The molecule has 1 aromatic heterocycles. The summed E-state index contributed by atoms with van der Waals surface area (Å²) in [5, 5.41) is 6.66. The van der Waals surface area contributed by atoms with Gasteiger partial charge in [-0.25, -0.2) is 0 Å². The summed E-state index contributed by atoms with van der Waals surface area (Å²) in [6.07, 6.45) is 0. The van der Waals surface area contributed by atoms with Gasteiger partial charge in [-0.3, -0.25) is 9.89 Å². The molecule has 2 rings (SSSR count). The maximum atomic E-state index is 11.7. The second kappa shape index (κ2) is 5.38. The fourth-order valence-corrected chi connectivity index (χ4v) is 3.09. The lowest BCUT2D eigenvalue weighted by Crippen LogP contribution is -2.01. The van der Waals surface area contributed by atoms with Gasteiger partial charge in [0.15, 0.2) is 14.1 Å². The summed E-state index contributed by atoms with van der Waals surface area (Å²) < 4.78 is 1.43. The Kier molecular flexibility index (Phi) is 3.87. The number of hydrogen-bond donors (Lipinski definition) is 1. The van der Waals surface area contributed by atoms with Crippen LogP contribution in [0, 0.1) is 3.95 Å². The topological polar surface area (TPSA) is 45.8 Å². The van der Waals surface area contributed by atoms with E-state index < -0.39 is 0 Å². The number of H-pyrrole nitrogens is 1. The minimum absolute atomic E-state index is 0.103. The van der Waals surface area contributed by atoms with Crippen LogP contribution in [-0.4, -0.2) is 21.7 Å². The predicted molar refractivity (Wildman–Crippen MR) is 68.8 cm³/mol. The molecule has 0 radical (unpaired) electrons. The van der Waals surface area contributed by atoms with Gasteiger partial charge in [-0.1, -0.05) is 53.4 Å². The minimum atomic E-state index is 0.103. The Morgan fingerprint density at radius 3 is 2.81 bits per heavy atom. The lowest BCUT2D eigenvalue weighted by molar-refractivity contribution is 0.102. The summed E-state index contributed by atoms with van der Waals surface area (Å²) in [5.41, 5.74) is 0.731. The third-order valence-corrected chi connectivity index (χ3v) is 4.07. The molecule has 1 N–H and O–H groups in total. The smallest absolute Gasteiger partial charge is 0.177 e. The molecular weight excluding hydrogens is 260 g/mol. The van der Waals surface area contributed by atoms with Gasteiger partial charge in [-0.05, 0) is 12.2 Å². The molecule has 1 aromatic carbocycles. The first-order chi connectivity index (χ1) is 7.75. The molecule has 0 aliphatic heterocycles. The number of Topliss-reactive ketones (excluding diaryl/α,β-unsaturated/α-hetero) is 1. The van der Waals surface area contributed by atoms with Crippen LogP contribution in [0.15, 0.2) is 34.7 Å². The highest BCUT2D eigenvalue weighted by molar-refractivity contribution is 8.01. The highest BCUT2D eigenvalue weighted by Gasteiger charge is 2.07. The van der Waals surface area contributed by atoms with Crippen LogP contribution in [0.1, 0.15) is 10.4 Å². The molecule has 0 atom stereocenters. The SMILES string of the molecule is O=C(CSc1n[nH]c(=S)s1)c1ccccc1. The minimum Gasteiger partial charge on any atom is -0.293 e. The molecule has 3 nitrogen and oxygen atoms in total. The molecule has 0 fully saturated rings. The molecule has 0 aliphatic rings. The maximum Gasteiger partial charge on any atom is 0.177 e. The van der Waals surface area contributed by atoms with Gasteiger partial charge in [-0.15, -0.1) is 0 Å². The van der Waals surface area contributed by atoms with E-state index >= 15 is 0 Å². The Bertz CT molecular complexity index is 532. The van der Waals surface area contributed by atoms with Gasteiger partial charge in [0, 0.05) is 5.56 Å². The van der Waals surface area contributed by atoms with Crippen molar-refractivity contribution < 1.29 is 4.79 Å². The normalized spacial score (nSPS) is 10.2. The lowest BCUT2D eigenvalue weighted by atomic mass is 10.2. The fraction of sp³-hybridized carbons (Fsp3) is 0.100. The Morgan fingerprint density at radius 1 is 1.44 bits per heavy atom. The summed E-state index contributed by atoms with van der Waals surface area (Å²) in [4.78, 5) is 11.7. The summed E-state index contributed by atoms with van der Waals surface area (Å²) in [6.45, 7) is 0. The average Bonchev–Trinajstić information content (AvgIpc) is 2.73. The number of benzene rings is 1. The second-order valence-corrected chi connectivity index (χ2v) is 5.85. The van der Waals surface area contributed by atoms with Crippen molar-refractivity contribution in [2.75, 3.05) is 5.75 Å². The van der Waals surface area contributed by atoms with E-state index in [0.717, 1.165) is 9.90 Å². The summed E-state index contributed by atoms with van der Waals surface area (Å²) in [5.74, 6) is 0.492. The van der Waals surface area contributed by atoms with Crippen molar-refractivity contribution in [3.8, 4) is 0 Å². The molecule has 2 aromatic rings. The molecule has 0 unspecified atom stereocenters. The van der Waals surface area contributed by atoms with Crippen molar-refractivity contribution in [2.45, 2.75) is 4.34 Å². The van der Waals surface area contributed by atoms with Crippen molar-refractivity contribution in [1.82, 2.24) is 10.2 Å². The molecule has 1 heterocycles. The first-order valence-corrected chi connectivity index (χ1v) is 6.73. The van der Waals surface area contributed by atoms with Crippen LogP contribution in [0.25, 0.3) is 0 Å². The number of aromatic amines is 1. The van der Waals surface area contributed by atoms with Crippen molar-refractivity contribution in [3.05, 3.63) is 39.8 Å². The summed E-state index contributed by atoms with van der Waals surface area (Å²) >= 11 is 7.70. The Hall–Kier alpha value is -0.980. The van der Waals surface area contributed by atoms with Gasteiger partial charge in [0.05, 0.1) is 5.75 Å². The highest BCUT2D eigenvalue weighted by Crippen LogP contribution is 2.21. The molecule has 0 saturated heterocycles. The van der Waals surface area contributed by atoms with Crippen molar-refractivity contribution in [2.24, 2.45) is 0 Å². The molecular formula is C10H8N2OS3. The van der Waals surface area contributed by atoms with Gasteiger partial charge in [0.25, 0.3) is 0 Å². The largest absolute Gasteiger partial charge is 0.293 e. The number of aromatic nitrogens is 2. The molecule has 0 bridgehead atoms. The van der Waals surface area contributed by atoms with E-state index in [-0.39, 0.29) is 5.78 Å². The van der Waals surface area contributed by atoms with Gasteiger partial charge < -0.3 is 0 Å². The van der Waals surface area contributed by atoms with Crippen LogP contribution in [0.5, 0.6) is 0 Å². The average molecular weight is 268 g/mol. The number of nitrogens with zero attached hydrogens (tertiary/aromatic N) is 1. The number of nitrogens with one attached hydrogen (secondary N) is 1. The van der Waals surface area contributed by atoms with Crippen LogP contribution in [0.2, 0.25) is 0 Å². The van der Waals surface area contributed by atoms with E-state index in [9.17, 15) is 4.79 Å². The van der Waals surface area contributed by atoms with Crippen LogP contribution < -0.4 is 0 Å². The molecule has 0 spiro atoms. The zero-order chi connectivity index (χ0) is 11.4. The van der Waals surface area contributed by atoms with E-state index in [1.165, 1.54) is 23.1 Å². The van der Waals surface area contributed by atoms with E-state index in [4.69, 9.17) is 12.2 Å². The zero-order valence-electron chi connectivity index (χ0n) is 8.17. The van der Waals surface area contributed by atoms with Gasteiger partial charge in [0.2, 0.25) is 0 Å². The van der Waals surface area contributed by atoms with Crippen LogP contribution in [0.4, 0.5) is 0 Å². The molecule has 16 heavy (non-hydrogen) atoms. The predicted octanol–water partition coefficient (Wildman–Crippen LogP) is 3.18. The Labute approximate surface area is 106 Å². The fourth-order valence-electron chi connectivity index (χ4n) is 1.11. The van der Waals surface area contributed by atoms with E-state index in [2.05, 4.69) is 10.2 Å². The van der Waals surface area contributed by atoms with E-state index in [1.807, 2.05) is 30.3 Å². The standard InChI is InChI=1S/C10H8N2OS3/c13-8(7-4-2-1-3-5-7)6-15-10-12-11-9(14)16-10/h1-5H,6H2,(H,11,14). The number of thioether (sulfide) groups is 1. The van der Waals surface area contributed by atoms with Crippen molar-refractivity contribution in [3.63, 3.8) is 0 Å². The van der Waals surface area contributed by atoms with Crippen molar-refractivity contribution in [1.29, 1.82) is 0 Å². The first-order valence-electron chi connectivity index (χ1n) is 4.52. The number of hydrogen-bond acceptors (Lipinski definition) is 5. The summed E-state index contributed by atoms with van der Waals surface area (Å²) in [7, 11) is 0. The highest BCUT2D eigenvalue weighted by atomic mass is 32.2. The second-order valence-electron chi connectivity index (χ2n) is 2.96. The zero-order valence-corrected chi connectivity index (χ0v) is 10.6. The van der Waals surface area contributed by atoms with E-state index in [1.54, 1.807) is 0 Å². The van der Waals surface area contributed by atoms with Gasteiger partial charge >= 0.3 is 0 Å². The first kappa shape index (κ1) is 11.5. The monoisotopic (exact) mass is 268 g/mol. The molecule has 0 aliphatic carbocycles. The molecule has 82 valence electrons. The third-order valence-electron chi connectivity index (χ3n) is 1.84. The van der Waals surface area contributed by atoms with Crippen LogP contribution in [0.3, 0.4) is 0 Å². The molecule has 6 heteroatoms. The van der Waals surface area contributed by atoms with Crippen LogP contribution in [-0.2, 0) is 0 Å². The van der Waals surface area contributed by atoms with Crippen LogP contribution >= 0.6 is 35.3 Å². The van der Waals surface area contributed by atoms with Gasteiger partial charge in [-0.2, -0.15) is 5.10 Å². The Balaban J connectivity index is 1.96. The third kappa shape index (κ3) is 3.01. The summed E-state index contributed by atoms with van der Waals surface area (Å²) in [6, 6.07) is 9.24. The lowest BCUT2D eigenvalue weighted by Gasteiger charge is -1.97. The van der Waals surface area contributed by atoms with Crippen molar-refractivity contribution >= 4 is 41.1 Å². The van der Waals surface area contributed by atoms with E-state index in [0.29, 0.717) is 9.71 Å². The number of carbonyl (C=O) groups is 1. The quantitative estimate of drug-likeness (QED) is 0.525. The maximum absolute atomic E-state index is 11.7.